The zero-order chi connectivity index (χ0) is 14.7. The first-order chi connectivity index (χ1) is 9.19. The van der Waals surface area contributed by atoms with Gasteiger partial charge in [0.2, 0.25) is 0 Å². The summed E-state index contributed by atoms with van der Waals surface area (Å²) in [7, 11) is 0. The lowest BCUT2D eigenvalue weighted by Gasteiger charge is -2.36. The van der Waals surface area contributed by atoms with Crippen LogP contribution in [0, 0.1) is 23.7 Å². The van der Waals surface area contributed by atoms with E-state index in [0.717, 1.165) is 23.7 Å². The lowest BCUT2D eigenvalue weighted by molar-refractivity contribution is 0.151. The molecule has 0 heteroatoms. The van der Waals surface area contributed by atoms with E-state index in [4.69, 9.17) is 0 Å². The van der Waals surface area contributed by atoms with Crippen LogP contribution in [0.15, 0.2) is 12.7 Å². The van der Waals surface area contributed by atoms with Gasteiger partial charge >= 0.3 is 0 Å². The molecule has 0 aliphatic carbocycles. The molecule has 4 unspecified atom stereocenters. The Morgan fingerprint density at radius 2 is 1.42 bits per heavy atom. The highest BCUT2D eigenvalue weighted by Gasteiger charge is 2.29. The van der Waals surface area contributed by atoms with E-state index in [1.54, 1.807) is 0 Å². The van der Waals surface area contributed by atoms with Gasteiger partial charge in [0, 0.05) is 0 Å². The summed E-state index contributed by atoms with van der Waals surface area (Å²) in [6.07, 6.45) is 13.0. The summed E-state index contributed by atoms with van der Waals surface area (Å²) in [4.78, 5) is 0. The van der Waals surface area contributed by atoms with Gasteiger partial charge in [-0.1, -0.05) is 85.6 Å². The summed E-state index contributed by atoms with van der Waals surface area (Å²) in [5, 5.41) is 0. The van der Waals surface area contributed by atoms with Crippen LogP contribution in [0.4, 0.5) is 0 Å². The summed E-state index contributed by atoms with van der Waals surface area (Å²) in [5.74, 6) is 3.41. The Morgan fingerprint density at radius 3 is 1.79 bits per heavy atom. The first-order valence-electron chi connectivity index (χ1n) is 8.82. The van der Waals surface area contributed by atoms with Crippen LogP contribution in [0.3, 0.4) is 0 Å². The van der Waals surface area contributed by atoms with Crippen molar-refractivity contribution in [3.8, 4) is 0 Å². The van der Waals surface area contributed by atoms with Gasteiger partial charge in [-0.05, 0) is 30.1 Å². The first kappa shape index (κ1) is 18.7. The molecule has 0 nitrogen and oxygen atoms in total. The quantitative estimate of drug-likeness (QED) is 0.338. The van der Waals surface area contributed by atoms with Crippen molar-refractivity contribution in [2.24, 2.45) is 23.7 Å². The van der Waals surface area contributed by atoms with Gasteiger partial charge < -0.3 is 0 Å². The maximum atomic E-state index is 4.11. The molecule has 0 heterocycles. The molecule has 0 aliphatic heterocycles. The van der Waals surface area contributed by atoms with Crippen LogP contribution in [-0.4, -0.2) is 0 Å². The van der Waals surface area contributed by atoms with E-state index in [1.807, 2.05) is 0 Å². The van der Waals surface area contributed by atoms with E-state index in [0.29, 0.717) is 0 Å². The van der Waals surface area contributed by atoms with Crippen molar-refractivity contribution in [2.45, 2.75) is 86.0 Å². The molecule has 0 spiro atoms. The lowest BCUT2D eigenvalue weighted by Crippen LogP contribution is -2.28. The average Bonchev–Trinajstić information content (AvgIpc) is 2.45. The number of hydrogen-bond donors (Lipinski definition) is 0. The van der Waals surface area contributed by atoms with Gasteiger partial charge in [-0.25, -0.2) is 0 Å². The van der Waals surface area contributed by atoms with E-state index in [1.165, 1.54) is 51.4 Å². The van der Waals surface area contributed by atoms with Crippen molar-refractivity contribution in [1.29, 1.82) is 0 Å². The maximum Gasteiger partial charge on any atom is -0.0205 e. The Morgan fingerprint density at radius 1 is 0.789 bits per heavy atom. The second kappa shape index (κ2) is 11.6. The largest absolute Gasteiger partial charge is 0.103 e. The summed E-state index contributed by atoms with van der Waals surface area (Å²) in [6, 6.07) is 0. The normalized spacial score (nSPS) is 17.7. The zero-order valence-corrected chi connectivity index (χ0v) is 14.3. The molecule has 0 fully saturated rings. The Bertz CT molecular complexity index is 206. The topological polar surface area (TPSA) is 0 Å². The van der Waals surface area contributed by atoms with Crippen molar-refractivity contribution in [3.63, 3.8) is 0 Å². The van der Waals surface area contributed by atoms with E-state index in [9.17, 15) is 0 Å². The number of unbranched alkanes of at least 4 members (excludes halogenated alkanes) is 1. The fraction of sp³-hybridized carbons (Fsp3) is 0.895. The lowest BCUT2D eigenvalue weighted by atomic mass is 9.69. The van der Waals surface area contributed by atoms with Gasteiger partial charge in [0.1, 0.15) is 0 Å². The highest BCUT2D eigenvalue weighted by atomic mass is 14.3. The molecule has 0 aromatic heterocycles. The van der Waals surface area contributed by atoms with Crippen LogP contribution in [0.25, 0.3) is 0 Å². The van der Waals surface area contributed by atoms with Crippen molar-refractivity contribution in [2.75, 3.05) is 0 Å². The molecule has 0 rings (SSSR count). The summed E-state index contributed by atoms with van der Waals surface area (Å²) >= 11 is 0. The second-order valence-corrected chi connectivity index (χ2v) is 6.14. The Labute approximate surface area is 123 Å². The van der Waals surface area contributed by atoms with E-state index >= 15 is 0 Å². The monoisotopic (exact) mass is 266 g/mol. The van der Waals surface area contributed by atoms with Gasteiger partial charge in [0.05, 0.1) is 0 Å². The highest BCUT2D eigenvalue weighted by Crippen LogP contribution is 2.38. The minimum absolute atomic E-state index is 0.732. The molecule has 0 saturated heterocycles. The summed E-state index contributed by atoms with van der Waals surface area (Å²) < 4.78 is 0. The number of rotatable bonds is 12. The third kappa shape index (κ3) is 6.15. The fourth-order valence-corrected chi connectivity index (χ4v) is 3.94. The highest BCUT2D eigenvalue weighted by molar-refractivity contribution is 4.89. The van der Waals surface area contributed by atoms with Crippen molar-refractivity contribution >= 4 is 0 Å². The van der Waals surface area contributed by atoms with Crippen molar-refractivity contribution in [3.05, 3.63) is 12.7 Å². The van der Waals surface area contributed by atoms with E-state index in [-0.39, 0.29) is 0 Å². The maximum absolute atomic E-state index is 4.11. The molecule has 114 valence electrons. The molecule has 19 heavy (non-hydrogen) atoms. The Hall–Kier alpha value is -0.260. The molecular formula is C19H38. The van der Waals surface area contributed by atoms with Crippen LogP contribution in [0.2, 0.25) is 0 Å². The van der Waals surface area contributed by atoms with Gasteiger partial charge in [0.25, 0.3) is 0 Å². The number of allylic oxidation sites excluding steroid dienone is 1. The minimum Gasteiger partial charge on any atom is -0.103 e. The van der Waals surface area contributed by atoms with Crippen LogP contribution in [-0.2, 0) is 0 Å². The summed E-state index contributed by atoms with van der Waals surface area (Å²) in [6.45, 7) is 15.9. The van der Waals surface area contributed by atoms with Crippen LogP contribution in [0.5, 0.6) is 0 Å². The molecule has 0 bridgehead atoms. The third-order valence-electron chi connectivity index (χ3n) is 5.03. The molecule has 0 aliphatic rings. The van der Waals surface area contributed by atoms with Crippen LogP contribution < -0.4 is 0 Å². The van der Waals surface area contributed by atoms with Gasteiger partial charge in [-0.2, -0.15) is 0 Å². The molecule has 0 aromatic rings. The molecule has 0 N–H and O–H groups in total. The number of hydrogen-bond acceptors (Lipinski definition) is 0. The smallest absolute Gasteiger partial charge is 0.0205 e. The summed E-state index contributed by atoms with van der Waals surface area (Å²) in [5.41, 5.74) is 0. The SMILES string of the molecule is C=CC(CCC)C(CC)C(CC)C(CC)CCCC. The molecule has 0 amide bonds. The molecule has 4 atom stereocenters. The van der Waals surface area contributed by atoms with Crippen LogP contribution in [0.1, 0.15) is 86.0 Å². The van der Waals surface area contributed by atoms with Crippen molar-refractivity contribution < 1.29 is 0 Å². The molecule has 0 radical (unpaired) electrons. The van der Waals surface area contributed by atoms with Gasteiger partial charge in [0.15, 0.2) is 0 Å². The Kier molecular flexibility index (Phi) is 11.4. The minimum atomic E-state index is 0.732. The zero-order valence-electron chi connectivity index (χ0n) is 14.3. The van der Waals surface area contributed by atoms with E-state index < -0.39 is 0 Å². The fourth-order valence-electron chi connectivity index (χ4n) is 3.94. The van der Waals surface area contributed by atoms with Crippen LogP contribution >= 0.6 is 0 Å². The predicted molar refractivity (Wildman–Crippen MR) is 89.5 cm³/mol. The first-order valence-corrected chi connectivity index (χ1v) is 8.82. The van der Waals surface area contributed by atoms with E-state index in [2.05, 4.69) is 47.3 Å². The molecular weight excluding hydrogens is 228 g/mol. The second-order valence-electron chi connectivity index (χ2n) is 6.14. The predicted octanol–water partition coefficient (Wildman–Crippen LogP) is 6.86. The Balaban J connectivity index is 4.85. The van der Waals surface area contributed by atoms with Crippen molar-refractivity contribution in [1.82, 2.24) is 0 Å². The molecule has 0 saturated carbocycles. The standard InChI is InChI=1S/C19H38/c1-7-13-15-17(10-4)19(12-6)18(11-5)16(9-3)14-8-2/h9,16-19H,3,7-8,10-15H2,1-2,4-6H3. The third-order valence-corrected chi connectivity index (χ3v) is 5.03. The van der Waals surface area contributed by atoms with Gasteiger partial charge in [-0.15, -0.1) is 6.58 Å². The average molecular weight is 267 g/mol. The molecule has 0 aromatic carbocycles. The van der Waals surface area contributed by atoms with Gasteiger partial charge in [-0.3, -0.25) is 0 Å².